The number of nitrogen functional groups attached to an aromatic ring is 1. The summed E-state index contributed by atoms with van der Waals surface area (Å²) in [6.07, 6.45) is 0. The molecule has 2 heterocycles. The van der Waals surface area contributed by atoms with E-state index >= 15 is 0 Å². The molecule has 0 fully saturated rings. The van der Waals surface area contributed by atoms with Crippen molar-refractivity contribution in [3.63, 3.8) is 0 Å². The van der Waals surface area contributed by atoms with Crippen LogP contribution >= 0.6 is 35.0 Å². The maximum Gasteiger partial charge on any atom is 0.234 e. The Labute approximate surface area is 151 Å². The van der Waals surface area contributed by atoms with Gasteiger partial charge in [-0.1, -0.05) is 41.0 Å². The standard InChI is InChI=1S/C14H12Cl2N6OS/c1-7-5-10-20-21-14(22(10)13(17)18-7)24-6-11(23)19-9-4-2-3-8(15)12(9)16/h2-5H,6H2,1H3,(H2,17,18)(H,19,23). The van der Waals surface area contributed by atoms with Gasteiger partial charge in [-0.25, -0.2) is 9.38 Å². The summed E-state index contributed by atoms with van der Waals surface area (Å²) in [4.78, 5) is 16.3. The first kappa shape index (κ1) is 16.8. The lowest BCUT2D eigenvalue weighted by molar-refractivity contribution is -0.113. The highest BCUT2D eigenvalue weighted by Crippen LogP contribution is 2.29. The van der Waals surface area contributed by atoms with Crippen LogP contribution in [0.15, 0.2) is 29.4 Å². The maximum atomic E-state index is 12.1. The summed E-state index contributed by atoms with van der Waals surface area (Å²) in [5, 5.41) is 11.9. The Bertz CT molecular complexity index is 929. The summed E-state index contributed by atoms with van der Waals surface area (Å²) >= 11 is 13.2. The zero-order chi connectivity index (χ0) is 17.3. The Morgan fingerprint density at radius 1 is 1.38 bits per heavy atom. The lowest BCUT2D eigenvalue weighted by Gasteiger charge is -2.08. The van der Waals surface area contributed by atoms with Gasteiger partial charge in [0.15, 0.2) is 10.8 Å². The number of aromatic nitrogens is 4. The number of amides is 1. The van der Waals surface area contributed by atoms with Gasteiger partial charge >= 0.3 is 0 Å². The molecule has 0 bridgehead atoms. The van der Waals surface area contributed by atoms with Crippen LogP contribution in [0.4, 0.5) is 11.6 Å². The Morgan fingerprint density at radius 2 is 2.17 bits per heavy atom. The zero-order valence-electron chi connectivity index (χ0n) is 12.5. The molecule has 0 saturated heterocycles. The lowest BCUT2D eigenvalue weighted by Crippen LogP contribution is -2.15. The van der Waals surface area contributed by atoms with E-state index in [1.165, 1.54) is 11.8 Å². The average Bonchev–Trinajstić information content (AvgIpc) is 2.93. The largest absolute Gasteiger partial charge is 0.369 e. The second-order valence-corrected chi connectivity index (χ2v) is 6.60. The van der Waals surface area contributed by atoms with Gasteiger partial charge in [0.2, 0.25) is 11.9 Å². The van der Waals surface area contributed by atoms with Crippen LogP contribution in [-0.4, -0.2) is 31.2 Å². The fourth-order valence-electron chi connectivity index (χ4n) is 2.05. The van der Waals surface area contributed by atoms with Crippen molar-refractivity contribution in [2.24, 2.45) is 0 Å². The first-order chi connectivity index (χ1) is 11.5. The number of fused-ring (bicyclic) bond motifs is 1. The number of anilines is 2. The third kappa shape index (κ3) is 3.40. The Kier molecular flexibility index (Phi) is 4.79. The quantitative estimate of drug-likeness (QED) is 0.672. The van der Waals surface area contributed by atoms with Crippen LogP contribution in [0.5, 0.6) is 0 Å². The SMILES string of the molecule is Cc1cc2nnc(SCC(=O)Nc3cccc(Cl)c3Cl)n2c(N)n1. The van der Waals surface area contributed by atoms with Crippen molar-refractivity contribution in [2.75, 3.05) is 16.8 Å². The molecule has 10 heteroatoms. The van der Waals surface area contributed by atoms with Crippen LogP contribution in [-0.2, 0) is 4.79 Å². The zero-order valence-corrected chi connectivity index (χ0v) is 14.8. The molecule has 0 atom stereocenters. The molecule has 1 aromatic carbocycles. The van der Waals surface area contributed by atoms with Crippen molar-refractivity contribution < 1.29 is 4.79 Å². The molecule has 3 rings (SSSR count). The molecule has 3 N–H and O–H groups in total. The summed E-state index contributed by atoms with van der Waals surface area (Å²) in [5.74, 6) is 0.132. The maximum absolute atomic E-state index is 12.1. The van der Waals surface area contributed by atoms with Gasteiger partial charge in [-0.2, -0.15) is 0 Å². The number of carbonyl (C=O) groups excluding carboxylic acids is 1. The number of halogens is 2. The number of nitrogens with two attached hydrogens (primary N) is 1. The van der Waals surface area contributed by atoms with Gasteiger partial charge in [0.1, 0.15) is 0 Å². The molecule has 7 nitrogen and oxygen atoms in total. The molecule has 0 radical (unpaired) electrons. The molecule has 0 aliphatic carbocycles. The molecule has 0 aliphatic rings. The number of nitrogens with zero attached hydrogens (tertiary/aromatic N) is 4. The summed E-state index contributed by atoms with van der Waals surface area (Å²) in [5.41, 5.74) is 7.68. The van der Waals surface area contributed by atoms with E-state index in [1.54, 1.807) is 28.7 Å². The Balaban J connectivity index is 1.72. The Hall–Kier alpha value is -2.03. The van der Waals surface area contributed by atoms with E-state index in [2.05, 4.69) is 20.5 Å². The molecule has 0 aliphatic heterocycles. The summed E-state index contributed by atoms with van der Waals surface area (Å²) in [6, 6.07) is 6.79. The van der Waals surface area contributed by atoms with E-state index < -0.39 is 0 Å². The molecule has 2 aromatic heterocycles. The second kappa shape index (κ2) is 6.84. The predicted octanol–water partition coefficient (Wildman–Crippen LogP) is 3.05. The van der Waals surface area contributed by atoms with Crippen molar-refractivity contribution in [3.8, 4) is 0 Å². The minimum absolute atomic E-state index is 0.108. The minimum Gasteiger partial charge on any atom is -0.369 e. The van der Waals surface area contributed by atoms with E-state index in [4.69, 9.17) is 28.9 Å². The van der Waals surface area contributed by atoms with Crippen LogP contribution in [0.3, 0.4) is 0 Å². The number of rotatable bonds is 4. The van der Waals surface area contributed by atoms with Crippen molar-refractivity contribution in [1.82, 2.24) is 19.6 Å². The highest BCUT2D eigenvalue weighted by atomic mass is 35.5. The fraction of sp³-hybridized carbons (Fsp3) is 0.143. The van der Waals surface area contributed by atoms with E-state index in [0.717, 1.165) is 5.69 Å². The summed E-state index contributed by atoms with van der Waals surface area (Å²) < 4.78 is 1.59. The van der Waals surface area contributed by atoms with Gasteiger partial charge in [-0.3, -0.25) is 4.79 Å². The van der Waals surface area contributed by atoms with Gasteiger partial charge in [-0.15, -0.1) is 10.2 Å². The lowest BCUT2D eigenvalue weighted by atomic mass is 10.3. The third-order valence-corrected chi connectivity index (χ3v) is 4.82. The third-order valence-electron chi connectivity index (χ3n) is 3.07. The molecule has 3 aromatic rings. The molecular formula is C14H12Cl2N6OS. The molecular weight excluding hydrogens is 371 g/mol. The topological polar surface area (TPSA) is 98.2 Å². The highest BCUT2D eigenvalue weighted by molar-refractivity contribution is 7.99. The first-order valence-electron chi connectivity index (χ1n) is 6.80. The second-order valence-electron chi connectivity index (χ2n) is 4.87. The number of carbonyl (C=O) groups is 1. The minimum atomic E-state index is -0.250. The molecule has 24 heavy (non-hydrogen) atoms. The van der Waals surface area contributed by atoms with Crippen molar-refractivity contribution in [1.29, 1.82) is 0 Å². The molecule has 0 unspecified atom stereocenters. The van der Waals surface area contributed by atoms with Crippen molar-refractivity contribution >= 4 is 58.2 Å². The van der Waals surface area contributed by atoms with Gasteiger partial charge in [0.05, 0.1) is 21.5 Å². The number of hydrogen-bond acceptors (Lipinski definition) is 6. The van der Waals surface area contributed by atoms with E-state index in [9.17, 15) is 4.79 Å². The predicted molar refractivity (Wildman–Crippen MR) is 95.7 cm³/mol. The monoisotopic (exact) mass is 382 g/mol. The summed E-state index contributed by atoms with van der Waals surface area (Å²) in [7, 11) is 0. The fourth-order valence-corrected chi connectivity index (χ4v) is 3.14. The number of aryl methyl sites for hydroxylation is 1. The Morgan fingerprint density at radius 3 is 2.96 bits per heavy atom. The van der Waals surface area contributed by atoms with Crippen LogP contribution in [0, 0.1) is 6.92 Å². The number of nitrogens with one attached hydrogen (secondary N) is 1. The van der Waals surface area contributed by atoms with Crippen LogP contribution < -0.4 is 11.1 Å². The molecule has 124 valence electrons. The molecule has 1 amide bonds. The van der Waals surface area contributed by atoms with Crippen LogP contribution in [0.2, 0.25) is 10.0 Å². The normalized spacial score (nSPS) is 11.0. The first-order valence-corrected chi connectivity index (χ1v) is 8.55. The van der Waals surface area contributed by atoms with E-state index in [1.807, 2.05) is 6.92 Å². The van der Waals surface area contributed by atoms with Gasteiger partial charge < -0.3 is 11.1 Å². The van der Waals surface area contributed by atoms with Gasteiger partial charge in [0, 0.05) is 11.8 Å². The van der Waals surface area contributed by atoms with Crippen molar-refractivity contribution in [3.05, 3.63) is 40.0 Å². The van der Waals surface area contributed by atoms with E-state index in [0.29, 0.717) is 26.5 Å². The van der Waals surface area contributed by atoms with Crippen LogP contribution in [0.1, 0.15) is 5.69 Å². The highest BCUT2D eigenvalue weighted by Gasteiger charge is 2.13. The number of benzene rings is 1. The average molecular weight is 383 g/mol. The van der Waals surface area contributed by atoms with Gasteiger partial charge in [0.25, 0.3) is 0 Å². The smallest absolute Gasteiger partial charge is 0.234 e. The van der Waals surface area contributed by atoms with Crippen LogP contribution in [0.25, 0.3) is 5.65 Å². The number of hydrogen-bond donors (Lipinski definition) is 2. The summed E-state index contributed by atoms with van der Waals surface area (Å²) in [6.45, 7) is 1.82. The molecule has 0 spiro atoms. The number of thioether (sulfide) groups is 1. The van der Waals surface area contributed by atoms with E-state index in [-0.39, 0.29) is 17.6 Å². The molecule has 0 saturated carbocycles. The van der Waals surface area contributed by atoms with Crippen molar-refractivity contribution in [2.45, 2.75) is 12.1 Å². The van der Waals surface area contributed by atoms with Gasteiger partial charge in [-0.05, 0) is 19.1 Å².